The monoisotopic (exact) mass is 382 g/mol. The first kappa shape index (κ1) is 20.0. The predicted molar refractivity (Wildman–Crippen MR) is 103 cm³/mol. The van der Waals surface area contributed by atoms with Crippen molar-refractivity contribution in [3.8, 4) is 0 Å². The summed E-state index contributed by atoms with van der Waals surface area (Å²) in [6.45, 7) is 0. The number of aliphatic hydroxyl groups is 1. The maximum atomic E-state index is 10.1. The highest BCUT2D eigenvalue weighted by atomic mass is 16.6. The number of likely N-dealkylation sites (N-methyl/N-ethyl adjacent to an activating group) is 1. The normalized spacial score (nSPS) is 44.0. The van der Waals surface area contributed by atoms with E-state index in [9.17, 15) is 5.11 Å². The molecule has 1 aliphatic carbocycles. The molecule has 2 bridgehead atoms. The molecule has 0 amide bonds. The zero-order valence-electron chi connectivity index (χ0n) is 16.8. The second-order valence-corrected chi connectivity index (χ2v) is 8.88. The molecule has 1 saturated carbocycles. The van der Waals surface area contributed by atoms with Crippen molar-refractivity contribution in [2.45, 2.75) is 126 Å². The number of fused-ring (bicyclic) bond motifs is 2. The van der Waals surface area contributed by atoms with Gasteiger partial charge in [-0.25, -0.2) is 0 Å². The molecule has 0 radical (unpaired) electrons. The van der Waals surface area contributed by atoms with Crippen LogP contribution in [0, 0.1) is 0 Å². The van der Waals surface area contributed by atoms with Crippen LogP contribution in [-0.2, 0) is 14.2 Å². The van der Waals surface area contributed by atoms with E-state index in [0.717, 1.165) is 32.1 Å². The minimum atomic E-state index is -0.496. The molecule has 4 rings (SSSR count). The first-order chi connectivity index (χ1) is 13.2. The molecule has 3 saturated heterocycles. The van der Waals surface area contributed by atoms with Gasteiger partial charge >= 0.3 is 0 Å². The summed E-state index contributed by atoms with van der Waals surface area (Å²) in [4.78, 5) is 0. The number of rotatable bonds is 5. The van der Waals surface area contributed by atoms with E-state index >= 15 is 0 Å². The molecule has 3 N–H and O–H groups in total. The lowest BCUT2D eigenvalue weighted by Gasteiger charge is -2.40. The van der Waals surface area contributed by atoms with E-state index in [1.54, 1.807) is 0 Å². The van der Waals surface area contributed by atoms with Gasteiger partial charge in [-0.15, -0.1) is 0 Å². The Morgan fingerprint density at radius 2 is 1.56 bits per heavy atom. The maximum absolute atomic E-state index is 10.1. The topological polar surface area (TPSA) is 72.0 Å². The number of hydrogen-bond acceptors (Lipinski definition) is 6. The largest absolute Gasteiger partial charge is 0.379 e. The van der Waals surface area contributed by atoms with Crippen LogP contribution in [0.2, 0.25) is 0 Å². The average molecular weight is 383 g/mol. The van der Waals surface area contributed by atoms with Gasteiger partial charge in [-0.3, -0.25) is 5.32 Å². The minimum Gasteiger partial charge on any atom is -0.379 e. The Morgan fingerprint density at radius 3 is 2.30 bits per heavy atom. The second-order valence-electron chi connectivity index (χ2n) is 8.88. The van der Waals surface area contributed by atoms with Crippen molar-refractivity contribution in [3.63, 3.8) is 0 Å². The quantitative estimate of drug-likeness (QED) is 0.678. The maximum Gasteiger partial charge on any atom is 0.136 e. The zero-order valence-corrected chi connectivity index (χ0v) is 16.8. The van der Waals surface area contributed by atoms with Crippen molar-refractivity contribution in [2.75, 3.05) is 7.05 Å². The van der Waals surface area contributed by atoms with Crippen LogP contribution in [0.25, 0.3) is 0 Å². The number of nitrogens with one attached hydrogen (secondary N) is 2. The molecule has 4 fully saturated rings. The number of hydrogen-bond donors (Lipinski definition) is 3. The highest BCUT2D eigenvalue weighted by Gasteiger charge is 2.47. The molecule has 7 atom stereocenters. The van der Waals surface area contributed by atoms with Crippen LogP contribution in [-0.4, -0.2) is 61.2 Å². The summed E-state index contributed by atoms with van der Waals surface area (Å²) < 4.78 is 19.5. The van der Waals surface area contributed by atoms with Crippen LogP contribution in [0.1, 0.15) is 77.0 Å². The van der Waals surface area contributed by atoms with Gasteiger partial charge in [0, 0.05) is 0 Å². The van der Waals surface area contributed by atoms with E-state index in [-0.39, 0.29) is 36.7 Å². The van der Waals surface area contributed by atoms with Gasteiger partial charge in [0.2, 0.25) is 0 Å². The van der Waals surface area contributed by atoms with Crippen molar-refractivity contribution in [2.24, 2.45) is 0 Å². The van der Waals surface area contributed by atoms with E-state index in [1.165, 1.54) is 38.5 Å². The molecule has 156 valence electrons. The third-order valence-corrected chi connectivity index (χ3v) is 6.92. The molecule has 6 nitrogen and oxygen atoms in total. The molecule has 3 heterocycles. The summed E-state index contributed by atoms with van der Waals surface area (Å²) in [5.41, 5.74) is 0. The summed E-state index contributed by atoms with van der Waals surface area (Å²) in [5, 5.41) is 16.9. The van der Waals surface area contributed by atoms with Gasteiger partial charge in [-0.2, -0.15) is 0 Å². The first-order valence-electron chi connectivity index (χ1n) is 11.3. The van der Waals surface area contributed by atoms with Crippen LogP contribution in [0.4, 0.5) is 0 Å². The molecule has 27 heavy (non-hydrogen) atoms. The molecule has 3 aliphatic heterocycles. The molecule has 0 aromatic rings. The fourth-order valence-electron chi connectivity index (χ4n) is 5.43. The van der Waals surface area contributed by atoms with Crippen LogP contribution in [0.3, 0.4) is 0 Å². The summed E-state index contributed by atoms with van der Waals surface area (Å²) in [6, 6.07) is 0.246. The van der Waals surface area contributed by atoms with Crippen molar-refractivity contribution in [3.05, 3.63) is 0 Å². The Hall–Kier alpha value is -0.240. The summed E-state index contributed by atoms with van der Waals surface area (Å²) >= 11 is 0. The molecule has 0 aromatic carbocycles. The Kier molecular flexibility index (Phi) is 7.06. The number of piperidine rings is 1. The van der Waals surface area contributed by atoms with E-state index in [4.69, 9.17) is 14.2 Å². The molecule has 7 unspecified atom stereocenters. The van der Waals surface area contributed by atoms with Crippen molar-refractivity contribution in [1.82, 2.24) is 10.6 Å². The molecular weight excluding hydrogens is 344 g/mol. The van der Waals surface area contributed by atoms with Crippen molar-refractivity contribution < 1.29 is 19.3 Å². The van der Waals surface area contributed by atoms with E-state index in [0.29, 0.717) is 12.5 Å². The van der Waals surface area contributed by atoms with E-state index in [2.05, 4.69) is 10.6 Å². The van der Waals surface area contributed by atoms with Gasteiger partial charge in [-0.05, 0) is 45.6 Å². The van der Waals surface area contributed by atoms with Crippen LogP contribution in [0.15, 0.2) is 0 Å². The number of aliphatic hydroxyl groups excluding tert-OH is 1. The summed E-state index contributed by atoms with van der Waals surface area (Å²) in [7, 11) is 2.02. The molecular formula is C21H38N2O4. The third-order valence-electron chi connectivity index (χ3n) is 6.92. The highest BCUT2D eigenvalue weighted by Crippen LogP contribution is 2.35. The Morgan fingerprint density at radius 1 is 0.852 bits per heavy atom. The summed E-state index contributed by atoms with van der Waals surface area (Å²) in [6.07, 6.45) is 13.6. The predicted octanol–water partition coefficient (Wildman–Crippen LogP) is 2.44. The minimum absolute atomic E-state index is 0.0261. The summed E-state index contributed by atoms with van der Waals surface area (Å²) in [5.74, 6) is 0. The molecule has 6 heteroatoms. The first-order valence-corrected chi connectivity index (χ1v) is 11.3. The van der Waals surface area contributed by atoms with Crippen molar-refractivity contribution >= 4 is 0 Å². The standard InChI is InChI=1S/C21H38N2O4/c1-22-19-15-10-6-3-7-11-16(26-15)20(19)27-17-12-13-18(24)23-21(17)25-14-8-4-2-5-9-14/h14-24H,2-13H2,1H3. The highest BCUT2D eigenvalue weighted by molar-refractivity contribution is 4.98. The Balaban J connectivity index is 1.42. The SMILES string of the molecule is CNC1C2CCCCCC(O2)C1OC1CCC(O)NC1OC1CCCCC1. The molecule has 0 spiro atoms. The Bertz CT molecular complexity index is 459. The fourth-order valence-corrected chi connectivity index (χ4v) is 5.43. The van der Waals surface area contributed by atoms with E-state index < -0.39 is 6.23 Å². The van der Waals surface area contributed by atoms with Gasteiger partial charge in [0.05, 0.1) is 30.5 Å². The lowest BCUT2D eigenvalue weighted by atomic mass is 9.97. The van der Waals surface area contributed by atoms with Crippen LogP contribution < -0.4 is 10.6 Å². The van der Waals surface area contributed by atoms with Gasteiger partial charge in [0.25, 0.3) is 0 Å². The lowest BCUT2D eigenvalue weighted by molar-refractivity contribution is -0.183. The Labute approximate surface area is 163 Å². The smallest absolute Gasteiger partial charge is 0.136 e. The molecule has 0 aromatic heterocycles. The number of ether oxygens (including phenoxy) is 3. The van der Waals surface area contributed by atoms with Gasteiger partial charge in [0.1, 0.15) is 18.6 Å². The average Bonchev–Trinajstić information content (AvgIpc) is 3.01. The van der Waals surface area contributed by atoms with Crippen LogP contribution in [0.5, 0.6) is 0 Å². The van der Waals surface area contributed by atoms with Crippen molar-refractivity contribution in [1.29, 1.82) is 0 Å². The fraction of sp³-hybridized carbons (Fsp3) is 1.00. The molecule has 4 aliphatic rings. The zero-order chi connectivity index (χ0) is 18.6. The van der Waals surface area contributed by atoms with Crippen LogP contribution >= 0.6 is 0 Å². The third kappa shape index (κ3) is 4.85. The second kappa shape index (κ2) is 9.51. The van der Waals surface area contributed by atoms with Gasteiger partial charge in [-0.1, -0.05) is 38.5 Å². The van der Waals surface area contributed by atoms with E-state index in [1.807, 2.05) is 7.05 Å². The lowest BCUT2D eigenvalue weighted by Crippen LogP contribution is -2.57. The van der Waals surface area contributed by atoms with Gasteiger partial charge in [0.15, 0.2) is 0 Å². The van der Waals surface area contributed by atoms with Gasteiger partial charge < -0.3 is 24.6 Å².